The summed E-state index contributed by atoms with van der Waals surface area (Å²) < 4.78 is 5.73. The summed E-state index contributed by atoms with van der Waals surface area (Å²) >= 11 is 0. The number of hydrogen-bond donors (Lipinski definition) is 0. The number of hydrogen-bond acceptors (Lipinski definition) is 2. The van der Waals surface area contributed by atoms with Gasteiger partial charge in [0.25, 0.3) is 0 Å². The number of benzene rings is 1. The van der Waals surface area contributed by atoms with Crippen LogP contribution >= 0.6 is 0 Å². The van der Waals surface area contributed by atoms with Gasteiger partial charge in [0.1, 0.15) is 5.76 Å². The molecule has 1 aromatic heterocycles. The Kier molecular flexibility index (Phi) is 4.80. The number of unbranched alkanes of at least 4 members (excludes halogenated alkanes) is 1. The molecule has 0 atom stereocenters. The van der Waals surface area contributed by atoms with Crippen LogP contribution in [0.25, 0.3) is 11.5 Å². The van der Waals surface area contributed by atoms with Crippen molar-refractivity contribution in [2.75, 3.05) is 0 Å². The van der Waals surface area contributed by atoms with E-state index in [9.17, 15) is 0 Å². The minimum absolute atomic E-state index is 0.716. The first-order valence-electron chi connectivity index (χ1n) is 6.78. The molecule has 0 saturated heterocycles. The fraction of sp³-hybridized carbons (Fsp3) is 0.353. The molecule has 1 heterocycles. The molecule has 0 saturated carbocycles. The Balaban J connectivity index is 2.01. The Morgan fingerprint density at radius 1 is 1.16 bits per heavy atom. The maximum Gasteiger partial charge on any atom is 0.226 e. The zero-order valence-corrected chi connectivity index (χ0v) is 11.6. The van der Waals surface area contributed by atoms with Crippen LogP contribution in [0.4, 0.5) is 0 Å². The predicted octanol–water partition coefficient (Wildman–Crippen LogP) is 4.39. The normalized spacial score (nSPS) is 10.0. The van der Waals surface area contributed by atoms with Gasteiger partial charge in [-0.05, 0) is 31.9 Å². The van der Waals surface area contributed by atoms with E-state index >= 15 is 0 Å². The number of aromatic nitrogens is 1. The van der Waals surface area contributed by atoms with Gasteiger partial charge in [-0.3, -0.25) is 0 Å². The first kappa shape index (κ1) is 13.4. The van der Waals surface area contributed by atoms with Gasteiger partial charge < -0.3 is 4.42 Å². The summed E-state index contributed by atoms with van der Waals surface area (Å²) in [5, 5.41) is 0. The molecule has 2 nitrogen and oxygen atoms in total. The third kappa shape index (κ3) is 3.72. The fourth-order valence-corrected chi connectivity index (χ4v) is 1.92. The Labute approximate surface area is 114 Å². The summed E-state index contributed by atoms with van der Waals surface area (Å²) in [6.45, 7) is 4.05. The summed E-state index contributed by atoms with van der Waals surface area (Å²) in [6, 6.07) is 10.0. The van der Waals surface area contributed by atoms with Gasteiger partial charge in [-0.2, -0.15) is 0 Å². The van der Waals surface area contributed by atoms with E-state index in [4.69, 9.17) is 4.42 Å². The molecule has 2 heteroatoms. The number of oxazole rings is 1. The highest BCUT2D eigenvalue weighted by Crippen LogP contribution is 2.22. The minimum Gasteiger partial charge on any atom is -0.441 e. The summed E-state index contributed by atoms with van der Waals surface area (Å²) in [4.78, 5) is 4.58. The first-order valence-corrected chi connectivity index (χ1v) is 6.78. The average Bonchev–Trinajstić information content (AvgIpc) is 2.81. The highest BCUT2D eigenvalue weighted by Gasteiger charge is 2.10. The van der Waals surface area contributed by atoms with Gasteiger partial charge >= 0.3 is 0 Å². The summed E-state index contributed by atoms with van der Waals surface area (Å²) in [5.41, 5.74) is 2.08. The van der Waals surface area contributed by atoms with Gasteiger partial charge in [-0.25, -0.2) is 4.98 Å². The first-order chi connectivity index (χ1) is 9.31. The molecule has 0 unspecified atom stereocenters. The van der Waals surface area contributed by atoms with Crippen LogP contribution in [0, 0.1) is 18.8 Å². The monoisotopic (exact) mass is 253 g/mol. The molecule has 0 bridgehead atoms. The van der Waals surface area contributed by atoms with Crippen molar-refractivity contribution in [3.05, 3.63) is 41.8 Å². The van der Waals surface area contributed by atoms with Crippen LogP contribution in [-0.2, 0) is 6.42 Å². The molecule has 0 spiro atoms. The quantitative estimate of drug-likeness (QED) is 0.596. The largest absolute Gasteiger partial charge is 0.441 e. The molecule has 0 fully saturated rings. The molecule has 2 aromatic rings. The van der Waals surface area contributed by atoms with Crippen molar-refractivity contribution in [3.8, 4) is 23.3 Å². The lowest BCUT2D eigenvalue weighted by molar-refractivity contribution is 0.538. The van der Waals surface area contributed by atoms with Crippen LogP contribution in [0.1, 0.15) is 37.6 Å². The van der Waals surface area contributed by atoms with E-state index in [1.165, 1.54) is 0 Å². The van der Waals surface area contributed by atoms with Gasteiger partial charge in [-0.15, -0.1) is 11.8 Å². The molecule has 2 rings (SSSR count). The fourth-order valence-electron chi connectivity index (χ4n) is 1.92. The van der Waals surface area contributed by atoms with Gasteiger partial charge in [-0.1, -0.05) is 25.1 Å². The standard InChI is InChI=1S/C17H19NO/c1-3-4-5-6-10-13-16-14(2)19-17(18-16)15-11-8-7-9-12-15/h7-9,11-12H,3,6,10,13H2,1-2H3. The smallest absolute Gasteiger partial charge is 0.226 e. The van der Waals surface area contributed by atoms with Crippen molar-refractivity contribution in [3.63, 3.8) is 0 Å². The summed E-state index contributed by atoms with van der Waals surface area (Å²) in [5.74, 6) is 7.88. The Morgan fingerprint density at radius 2 is 1.95 bits per heavy atom. The lowest BCUT2D eigenvalue weighted by Gasteiger charge is -1.93. The third-order valence-corrected chi connectivity index (χ3v) is 2.93. The average molecular weight is 253 g/mol. The SMILES string of the molecule is CCC#CCCCc1nc(-c2ccccc2)oc1C. The Morgan fingerprint density at radius 3 is 2.68 bits per heavy atom. The summed E-state index contributed by atoms with van der Waals surface area (Å²) in [6.07, 6.45) is 3.83. The number of rotatable bonds is 4. The van der Waals surface area contributed by atoms with Crippen molar-refractivity contribution in [1.29, 1.82) is 0 Å². The van der Waals surface area contributed by atoms with Crippen molar-refractivity contribution in [1.82, 2.24) is 4.98 Å². The molecule has 19 heavy (non-hydrogen) atoms. The van der Waals surface area contributed by atoms with Crippen molar-refractivity contribution >= 4 is 0 Å². The van der Waals surface area contributed by atoms with Crippen molar-refractivity contribution < 1.29 is 4.42 Å². The number of nitrogens with zero attached hydrogens (tertiary/aromatic N) is 1. The van der Waals surface area contributed by atoms with Gasteiger partial charge in [0, 0.05) is 18.4 Å². The second-order valence-electron chi connectivity index (χ2n) is 4.45. The van der Waals surface area contributed by atoms with E-state index in [1.807, 2.05) is 37.3 Å². The molecule has 0 radical (unpaired) electrons. The minimum atomic E-state index is 0.716. The van der Waals surface area contributed by atoms with Crippen LogP contribution in [-0.4, -0.2) is 4.98 Å². The lowest BCUT2D eigenvalue weighted by atomic mass is 10.2. The maximum absolute atomic E-state index is 5.73. The second kappa shape index (κ2) is 6.80. The Bertz CT molecular complexity index is 572. The van der Waals surface area contributed by atoms with E-state index in [-0.39, 0.29) is 0 Å². The van der Waals surface area contributed by atoms with E-state index in [0.717, 1.165) is 42.7 Å². The van der Waals surface area contributed by atoms with E-state index in [1.54, 1.807) is 0 Å². The van der Waals surface area contributed by atoms with E-state index in [0.29, 0.717) is 5.89 Å². The highest BCUT2D eigenvalue weighted by molar-refractivity contribution is 5.53. The maximum atomic E-state index is 5.73. The molecule has 98 valence electrons. The van der Waals surface area contributed by atoms with Gasteiger partial charge in [0.2, 0.25) is 5.89 Å². The van der Waals surface area contributed by atoms with E-state index < -0.39 is 0 Å². The van der Waals surface area contributed by atoms with Crippen LogP contribution < -0.4 is 0 Å². The molecular formula is C17H19NO. The highest BCUT2D eigenvalue weighted by atomic mass is 16.4. The number of aryl methyl sites for hydroxylation is 2. The van der Waals surface area contributed by atoms with Crippen LogP contribution in [0.2, 0.25) is 0 Å². The molecule has 0 amide bonds. The van der Waals surface area contributed by atoms with Crippen LogP contribution in [0.5, 0.6) is 0 Å². The topological polar surface area (TPSA) is 26.0 Å². The lowest BCUT2D eigenvalue weighted by Crippen LogP contribution is -1.88. The molecule has 1 aromatic carbocycles. The van der Waals surface area contributed by atoms with Gasteiger partial charge in [0.15, 0.2) is 0 Å². The second-order valence-corrected chi connectivity index (χ2v) is 4.45. The van der Waals surface area contributed by atoms with Crippen LogP contribution in [0.3, 0.4) is 0 Å². The van der Waals surface area contributed by atoms with Gasteiger partial charge in [0.05, 0.1) is 5.69 Å². The molecule has 0 N–H and O–H groups in total. The van der Waals surface area contributed by atoms with Crippen molar-refractivity contribution in [2.24, 2.45) is 0 Å². The zero-order valence-electron chi connectivity index (χ0n) is 11.6. The summed E-state index contributed by atoms with van der Waals surface area (Å²) in [7, 11) is 0. The molecule has 0 aliphatic heterocycles. The third-order valence-electron chi connectivity index (χ3n) is 2.93. The molecule has 0 aliphatic rings. The molecular weight excluding hydrogens is 234 g/mol. The van der Waals surface area contributed by atoms with E-state index in [2.05, 4.69) is 23.7 Å². The Hall–Kier alpha value is -2.01. The van der Waals surface area contributed by atoms with Crippen LogP contribution in [0.15, 0.2) is 34.7 Å². The zero-order chi connectivity index (χ0) is 13.5. The van der Waals surface area contributed by atoms with Crippen molar-refractivity contribution in [2.45, 2.75) is 39.5 Å². The predicted molar refractivity (Wildman–Crippen MR) is 77.7 cm³/mol. The molecule has 0 aliphatic carbocycles.